The first-order chi connectivity index (χ1) is 13.3. The summed E-state index contributed by atoms with van der Waals surface area (Å²) in [6.07, 6.45) is -0.339. The summed E-state index contributed by atoms with van der Waals surface area (Å²) in [5.41, 5.74) is 1.13. The van der Waals surface area contributed by atoms with Crippen LogP contribution in [0.3, 0.4) is 0 Å². The molecule has 0 saturated carbocycles. The van der Waals surface area contributed by atoms with Gasteiger partial charge in [-0.3, -0.25) is 4.79 Å². The molecule has 0 spiro atoms. The highest BCUT2D eigenvalue weighted by molar-refractivity contribution is 7.89. The Labute approximate surface area is 166 Å². The SMILES string of the molecule is CCN(C(=O)c1cccc(S(=O)(=O)N2CC(C)OC(C)C2)c1)c1ccccc1. The number of anilines is 1. The summed E-state index contributed by atoms with van der Waals surface area (Å²) in [6.45, 7) is 6.69. The Morgan fingerprint density at radius 1 is 1.07 bits per heavy atom. The summed E-state index contributed by atoms with van der Waals surface area (Å²) in [4.78, 5) is 14.8. The minimum absolute atomic E-state index is 0.128. The van der Waals surface area contributed by atoms with Crippen molar-refractivity contribution >= 4 is 21.6 Å². The molecule has 2 aromatic carbocycles. The Balaban J connectivity index is 1.90. The maximum Gasteiger partial charge on any atom is 0.258 e. The number of carbonyl (C=O) groups excluding carboxylic acids is 1. The van der Waals surface area contributed by atoms with Crippen molar-refractivity contribution in [3.05, 3.63) is 60.2 Å². The fourth-order valence-electron chi connectivity index (χ4n) is 3.47. The molecule has 1 saturated heterocycles. The van der Waals surface area contributed by atoms with E-state index in [1.807, 2.05) is 51.1 Å². The maximum absolute atomic E-state index is 13.1. The second-order valence-electron chi connectivity index (χ2n) is 6.99. The van der Waals surface area contributed by atoms with E-state index in [-0.39, 0.29) is 23.0 Å². The summed E-state index contributed by atoms with van der Waals surface area (Å²) in [6, 6.07) is 15.6. The van der Waals surface area contributed by atoms with E-state index in [0.29, 0.717) is 25.2 Å². The van der Waals surface area contributed by atoms with Crippen molar-refractivity contribution in [1.29, 1.82) is 0 Å². The molecule has 1 amide bonds. The van der Waals surface area contributed by atoms with Gasteiger partial charge in [-0.1, -0.05) is 24.3 Å². The molecule has 3 rings (SSSR count). The standard InChI is InChI=1S/C21H26N2O4S/c1-4-23(19-10-6-5-7-11-19)21(24)18-9-8-12-20(13-18)28(25,26)22-14-16(2)27-17(3)15-22/h5-13,16-17H,4,14-15H2,1-3H3. The Morgan fingerprint density at radius 3 is 2.32 bits per heavy atom. The molecule has 0 bridgehead atoms. The fraction of sp³-hybridized carbons (Fsp3) is 0.381. The van der Waals surface area contributed by atoms with Crippen LogP contribution in [0.25, 0.3) is 0 Å². The smallest absolute Gasteiger partial charge is 0.258 e. The molecular formula is C21H26N2O4S. The molecule has 0 aromatic heterocycles. The molecule has 0 N–H and O–H groups in total. The van der Waals surface area contributed by atoms with Crippen LogP contribution in [0.4, 0.5) is 5.69 Å². The molecular weight excluding hydrogens is 376 g/mol. The summed E-state index contributed by atoms with van der Waals surface area (Å²) in [5.74, 6) is -0.227. The van der Waals surface area contributed by atoms with E-state index < -0.39 is 10.0 Å². The first-order valence-corrected chi connectivity index (χ1v) is 10.9. The minimum Gasteiger partial charge on any atom is -0.373 e. The van der Waals surface area contributed by atoms with Crippen molar-refractivity contribution in [3.8, 4) is 0 Å². The monoisotopic (exact) mass is 402 g/mol. The van der Waals surface area contributed by atoms with Crippen molar-refractivity contribution in [1.82, 2.24) is 4.31 Å². The number of rotatable bonds is 5. The number of hydrogen-bond acceptors (Lipinski definition) is 4. The van der Waals surface area contributed by atoms with Gasteiger partial charge in [0.05, 0.1) is 17.1 Å². The number of hydrogen-bond donors (Lipinski definition) is 0. The molecule has 7 heteroatoms. The second-order valence-corrected chi connectivity index (χ2v) is 8.93. The number of benzene rings is 2. The van der Waals surface area contributed by atoms with Crippen LogP contribution in [0, 0.1) is 0 Å². The van der Waals surface area contributed by atoms with Gasteiger partial charge >= 0.3 is 0 Å². The lowest BCUT2D eigenvalue weighted by atomic mass is 10.2. The van der Waals surface area contributed by atoms with E-state index in [2.05, 4.69) is 0 Å². The van der Waals surface area contributed by atoms with E-state index in [4.69, 9.17) is 4.74 Å². The van der Waals surface area contributed by atoms with Crippen LogP contribution < -0.4 is 4.90 Å². The number of sulfonamides is 1. The Morgan fingerprint density at radius 2 is 1.71 bits per heavy atom. The van der Waals surface area contributed by atoms with Crippen LogP contribution in [0.15, 0.2) is 59.5 Å². The lowest BCUT2D eigenvalue weighted by Crippen LogP contribution is -2.48. The first-order valence-electron chi connectivity index (χ1n) is 9.45. The fourth-order valence-corrected chi connectivity index (χ4v) is 5.11. The van der Waals surface area contributed by atoms with Gasteiger partial charge in [0.1, 0.15) is 0 Å². The third kappa shape index (κ3) is 4.27. The maximum atomic E-state index is 13.1. The Bertz CT molecular complexity index is 920. The molecule has 1 heterocycles. The molecule has 1 fully saturated rings. The van der Waals surface area contributed by atoms with Crippen LogP contribution in [0.1, 0.15) is 31.1 Å². The van der Waals surface area contributed by atoms with E-state index >= 15 is 0 Å². The molecule has 0 aliphatic carbocycles. The Hall–Kier alpha value is -2.22. The second kappa shape index (κ2) is 8.43. The number of ether oxygens (including phenoxy) is 1. The van der Waals surface area contributed by atoms with Crippen LogP contribution in [-0.4, -0.2) is 50.5 Å². The molecule has 1 aliphatic rings. The predicted octanol–water partition coefficient (Wildman–Crippen LogP) is 3.15. The van der Waals surface area contributed by atoms with Gasteiger partial charge in [-0.25, -0.2) is 8.42 Å². The third-order valence-corrected chi connectivity index (χ3v) is 6.56. The van der Waals surface area contributed by atoms with Crippen LogP contribution >= 0.6 is 0 Å². The largest absolute Gasteiger partial charge is 0.373 e. The van der Waals surface area contributed by atoms with Crippen LogP contribution in [-0.2, 0) is 14.8 Å². The molecule has 0 radical (unpaired) electrons. The van der Waals surface area contributed by atoms with Crippen molar-refractivity contribution in [2.45, 2.75) is 37.9 Å². The molecule has 2 atom stereocenters. The van der Waals surface area contributed by atoms with Gasteiger partial charge in [0.25, 0.3) is 5.91 Å². The highest BCUT2D eigenvalue weighted by Crippen LogP contribution is 2.23. The number of para-hydroxylation sites is 1. The van der Waals surface area contributed by atoms with Crippen molar-refractivity contribution < 1.29 is 17.9 Å². The predicted molar refractivity (Wildman–Crippen MR) is 109 cm³/mol. The zero-order chi connectivity index (χ0) is 20.3. The van der Waals surface area contributed by atoms with Crippen molar-refractivity contribution in [2.24, 2.45) is 0 Å². The van der Waals surface area contributed by atoms with Gasteiger partial charge in [-0.2, -0.15) is 4.31 Å². The normalized spacial score (nSPS) is 20.7. The lowest BCUT2D eigenvalue weighted by Gasteiger charge is -2.34. The van der Waals surface area contributed by atoms with Crippen LogP contribution in [0.2, 0.25) is 0 Å². The van der Waals surface area contributed by atoms with Gasteiger partial charge in [-0.05, 0) is 51.1 Å². The summed E-state index contributed by atoms with van der Waals surface area (Å²) >= 11 is 0. The molecule has 2 aromatic rings. The average Bonchev–Trinajstić information content (AvgIpc) is 2.68. The molecule has 150 valence electrons. The molecule has 6 nitrogen and oxygen atoms in total. The summed E-state index contributed by atoms with van der Waals surface area (Å²) < 4.78 is 33.3. The van der Waals surface area contributed by atoms with Gasteiger partial charge in [0, 0.05) is 30.9 Å². The minimum atomic E-state index is -3.70. The van der Waals surface area contributed by atoms with Gasteiger partial charge in [0.2, 0.25) is 10.0 Å². The van der Waals surface area contributed by atoms with Gasteiger partial charge < -0.3 is 9.64 Å². The van der Waals surface area contributed by atoms with E-state index in [0.717, 1.165) is 5.69 Å². The summed E-state index contributed by atoms with van der Waals surface area (Å²) in [7, 11) is -3.70. The first kappa shape index (κ1) is 20.5. The van der Waals surface area contributed by atoms with Crippen LogP contribution in [0.5, 0.6) is 0 Å². The molecule has 2 unspecified atom stereocenters. The molecule has 28 heavy (non-hydrogen) atoms. The number of nitrogens with zero attached hydrogens (tertiary/aromatic N) is 2. The van der Waals surface area contributed by atoms with Gasteiger partial charge in [-0.15, -0.1) is 0 Å². The number of morpholine rings is 1. The topological polar surface area (TPSA) is 66.9 Å². The van der Waals surface area contributed by atoms with E-state index in [1.165, 1.54) is 16.4 Å². The highest BCUT2D eigenvalue weighted by Gasteiger charge is 2.32. The van der Waals surface area contributed by atoms with Crippen molar-refractivity contribution in [2.75, 3.05) is 24.5 Å². The average molecular weight is 403 g/mol. The highest BCUT2D eigenvalue weighted by atomic mass is 32.2. The zero-order valence-electron chi connectivity index (χ0n) is 16.4. The number of amides is 1. The van der Waals surface area contributed by atoms with Gasteiger partial charge in [0.15, 0.2) is 0 Å². The lowest BCUT2D eigenvalue weighted by molar-refractivity contribution is -0.0440. The zero-order valence-corrected chi connectivity index (χ0v) is 17.2. The number of carbonyl (C=O) groups is 1. The molecule has 1 aliphatic heterocycles. The summed E-state index contributed by atoms with van der Waals surface area (Å²) in [5, 5.41) is 0. The third-order valence-electron chi connectivity index (χ3n) is 4.73. The quantitative estimate of drug-likeness (QED) is 0.771. The Kier molecular flexibility index (Phi) is 6.17. The van der Waals surface area contributed by atoms with E-state index in [9.17, 15) is 13.2 Å². The van der Waals surface area contributed by atoms with E-state index in [1.54, 1.807) is 17.0 Å². The van der Waals surface area contributed by atoms with Crippen molar-refractivity contribution in [3.63, 3.8) is 0 Å².